The summed E-state index contributed by atoms with van der Waals surface area (Å²) >= 11 is 5.73. The third-order valence-electron chi connectivity index (χ3n) is 2.22. The third kappa shape index (κ3) is 1.64. The van der Waals surface area contributed by atoms with Gasteiger partial charge in [-0.15, -0.1) is 11.6 Å². The van der Waals surface area contributed by atoms with E-state index in [1.54, 1.807) is 0 Å². The first kappa shape index (κ1) is 9.22. The van der Waals surface area contributed by atoms with E-state index in [1.165, 1.54) is 0 Å². The van der Waals surface area contributed by atoms with Crippen molar-refractivity contribution in [3.05, 3.63) is 47.5 Å². The molecule has 0 bridgehead atoms. The Labute approximate surface area is 87.3 Å². The van der Waals surface area contributed by atoms with Crippen LogP contribution in [0.4, 0.5) is 0 Å². The Morgan fingerprint density at radius 2 is 1.79 bits per heavy atom. The number of carbonyl (C=O) groups is 1. The second-order valence-corrected chi connectivity index (χ2v) is 3.46. The van der Waals surface area contributed by atoms with Crippen LogP contribution in [-0.2, 0) is 5.88 Å². The Morgan fingerprint density at radius 3 is 2.50 bits per heavy atom. The Hall–Kier alpha value is -1.34. The second kappa shape index (κ2) is 3.81. The fourth-order valence-corrected chi connectivity index (χ4v) is 1.64. The third-order valence-corrected chi connectivity index (χ3v) is 2.53. The van der Waals surface area contributed by atoms with Crippen molar-refractivity contribution in [2.24, 2.45) is 0 Å². The molecule has 0 aliphatic heterocycles. The zero-order chi connectivity index (χ0) is 9.97. The van der Waals surface area contributed by atoms with Gasteiger partial charge in [-0.05, 0) is 28.5 Å². The quantitative estimate of drug-likeness (QED) is 0.541. The number of fused-ring (bicyclic) bond motifs is 1. The molecule has 2 aromatic rings. The largest absolute Gasteiger partial charge is 0.298 e. The van der Waals surface area contributed by atoms with Crippen LogP contribution in [0.25, 0.3) is 10.8 Å². The standard InChI is InChI=1S/C12H9ClO/c13-7-9-1-3-12-6-10(8-14)2-4-11(12)5-9/h1-6,8H,7H2. The summed E-state index contributed by atoms with van der Waals surface area (Å²) in [5, 5.41) is 2.19. The van der Waals surface area contributed by atoms with Crippen LogP contribution in [0.1, 0.15) is 15.9 Å². The van der Waals surface area contributed by atoms with Gasteiger partial charge in [-0.25, -0.2) is 0 Å². The normalized spacial score (nSPS) is 10.4. The summed E-state index contributed by atoms with van der Waals surface area (Å²) in [5.74, 6) is 0.519. The lowest BCUT2D eigenvalue weighted by Gasteiger charge is -2.00. The van der Waals surface area contributed by atoms with E-state index >= 15 is 0 Å². The Morgan fingerprint density at radius 1 is 1.07 bits per heavy atom. The first-order valence-electron chi connectivity index (χ1n) is 4.37. The van der Waals surface area contributed by atoms with Gasteiger partial charge in [0.05, 0.1) is 0 Å². The molecule has 0 unspecified atom stereocenters. The van der Waals surface area contributed by atoms with Gasteiger partial charge in [-0.3, -0.25) is 4.79 Å². The lowest BCUT2D eigenvalue weighted by atomic mass is 10.1. The maximum Gasteiger partial charge on any atom is 0.150 e. The molecule has 1 nitrogen and oxygen atoms in total. The maximum atomic E-state index is 10.6. The molecule has 0 aromatic heterocycles. The first-order valence-corrected chi connectivity index (χ1v) is 4.91. The maximum absolute atomic E-state index is 10.6. The molecular weight excluding hydrogens is 196 g/mol. The molecule has 2 aromatic carbocycles. The van der Waals surface area contributed by atoms with Crippen molar-refractivity contribution >= 4 is 28.7 Å². The van der Waals surface area contributed by atoms with E-state index in [1.807, 2.05) is 36.4 Å². The Kier molecular flexibility index (Phi) is 2.51. The summed E-state index contributed by atoms with van der Waals surface area (Å²) in [7, 11) is 0. The minimum Gasteiger partial charge on any atom is -0.298 e. The van der Waals surface area contributed by atoms with Crippen molar-refractivity contribution in [3.63, 3.8) is 0 Å². The number of rotatable bonds is 2. The van der Waals surface area contributed by atoms with E-state index in [0.717, 1.165) is 22.6 Å². The van der Waals surface area contributed by atoms with Gasteiger partial charge in [-0.2, -0.15) is 0 Å². The highest BCUT2D eigenvalue weighted by Gasteiger charge is 1.97. The van der Waals surface area contributed by atoms with Gasteiger partial charge in [0, 0.05) is 11.4 Å². The molecule has 0 heterocycles. The predicted molar refractivity (Wildman–Crippen MR) is 58.9 cm³/mol. The first-order chi connectivity index (χ1) is 6.83. The minimum absolute atomic E-state index is 0.519. The van der Waals surface area contributed by atoms with Gasteiger partial charge in [-0.1, -0.05) is 24.3 Å². The number of aldehydes is 1. The van der Waals surface area contributed by atoms with Gasteiger partial charge in [0.15, 0.2) is 0 Å². The zero-order valence-electron chi connectivity index (χ0n) is 7.53. The number of benzene rings is 2. The van der Waals surface area contributed by atoms with Crippen molar-refractivity contribution in [1.29, 1.82) is 0 Å². The molecule has 0 saturated heterocycles. The predicted octanol–water partition coefficient (Wildman–Crippen LogP) is 3.39. The van der Waals surface area contributed by atoms with E-state index in [9.17, 15) is 4.79 Å². The van der Waals surface area contributed by atoms with Crippen LogP contribution >= 0.6 is 11.6 Å². The average molecular weight is 205 g/mol. The van der Waals surface area contributed by atoms with Crippen molar-refractivity contribution in [2.45, 2.75) is 5.88 Å². The highest BCUT2D eigenvalue weighted by atomic mass is 35.5. The number of alkyl halides is 1. The van der Waals surface area contributed by atoms with Crippen LogP contribution < -0.4 is 0 Å². The second-order valence-electron chi connectivity index (χ2n) is 3.19. The van der Waals surface area contributed by atoms with E-state index < -0.39 is 0 Å². The molecule has 70 valence electrons. The summed E-state index contributed by atoms with van der Waals surface area (Å²) in [5.41, 5.74) is 1.80. The summed E-state index contributed by atoms with van der Waals surface area (Å²) in [4.78, 5) is 10.6. The van der Waals surface area contributed by atoms with Crippen molar-refractivity contribution in [3.8, 4) is 0 Å². The van der Waals surface area contributed by atoms with Gasteiger partial charge < -0.3 is 0 Å². The summed E-state index contributed by atoms with van der Waals surface area (Å²) in [6.07, 6.45) is 0.856. The van der Waals surface area contributed by atoms with Gasteiger partial charge in [0.1, 0.15) is 6.29 Å². The van der Waals surface area contributed by atoms with Crippen LogP contribution in [0.15, 0.2) is 36.4 Å². The van der Waals surface area contributed by atoms with E-state index in [2.05, 4.69) is 0 Å². The summed E-state index contributed by atoms with van der Waals surface area (Å²) in [6, 6.07) is 11.6. The summed E-state index contributed by atoms with van der Waals surface area (Å²) < 4.78 is 0. The van der Waals surface area contributed by atoms with Gasteiger partial charge >= 0.3 is 0 Å². The van der Waals surface area contributed by atoms with Crippen LogP contribution in [0.2, 0.25) is 0 Å². The molecule has 14 heavy (non-hydrogen) atoms. The molecule has 2 rings (SSSR count). The van der Waals surface area contributed by atoms with Crippen molar-refractivity contribution in [2.75, 3.05) is 0 Å². The van der Waals surface area contributed by atoms with E-state index in [0.29, 0.717) is 11.4 Å². The van der Waals surface area contributed by atoms with Crippen LogP contribution in [-0.4, -0.2) is 6.29 Å². The molecule has 0 fully saturated rings. The number of hydrogen-bond donors (Lipinski definition) is 0. The highest BCUT2D eigenvalue weighted by Crippen LogP contribution is 2.18. The van der Waals surface area contributed by atoms with Crippen LogP contribution in [0, 0.1) is 0 Å². The molecular formula is C12H9ClO. The van der Waals surface area contributed by atoms with Crippen LogP contribution in [0.5, 0.6) is 0 Å². The van der Waals surface area contributed by atoms with E-state index in [-0.39, 0.29) is 0 Å². The number of carbonyl (C=O) groups excluding carboxylic acids is 1. The molecule has 0 saturated carbocycles. The van der Waals surface area contributed by atoms with Gasteiger partial charge in [0.2, 0.25) is 0 Å². The zero-order valence-corrected chi connectivity index (χ0v) is 8.29. The number of halogens is 1. The van der Waals surface area contributed by atoms with E-state index in [4.69, 9.17) is 11.6 Å². The molecule has 0 aliphatic carbocycles. The molecule has 0 N–H and O–H groups in total. The Bertz CT molecular complexity index is 477. The SMILES string of the molecule is O=Cc1ccc2cc(CCl)ccc2c1. The minimum atomic E-state index is 0.519. The lowest BCUT2D eigenvalue weighted by molar-refractivity contribution is 0.112. The molecule has 0 atom stereocenters. The average Bonchev–Trinajstić information content (AvgIpc) is 2.27. The molecule has 0 aliphatic rings. The summed E-state index contributed by atoms with van der Waals surface area (Å²) in [6.45, 7) is 0. The fraction of sp³-hybridized carbons (Fsp3) is 0.0833. The molecule has 0 spiro atoms. The Balaban J connectivity index is 2.63. The molecule has 2 heteroatoms. The van der Waals surface area contributed by atoms with Gasteiger partial charge in [0.25, 0.3) is 0 Å². The lowest BCUT2D eigenvalue weighted by Crippen LogP contribution is -1.82. The smallest absolute Gasteiger partial charge is 0.150 e. The topological polar surface area (TPSA) is 17.1 Å². The molecule has 0 radical (unpaired) electrons. The van der Waals surface area contributed by atoms with Crippen molar-refractivity contribution in [1.82, 2.24) is 0 Å². The number of hydrogen-bond acceptors (Lipinski definition) is 1. The molecule has 0 amide bonds. The van der Waals surface area contributed by atoms with Crippen LogP contribution in [0.3, 0.4) is 0 Å². The van der Waals surface area contributed by atoms with Crippen molar-refractivity contribution < 1.29 is 4.79 Å². The monoisotopic (exact) mass is 204 g/mol. The highest BCUT2D eigenvalue weighted by molar-refractivity contribution is 6.17. The fourth-order valence-electron chi connectivity index (χ4n) is 1.47.